The lowest BCUT2D eigenvalue weighted by Gasteiger charge is -2.35. The minimum atomic E-state index is 0.0581. The predicted molar refractivity (Wildman–Crippen MR) is 69.1 cm³/mol. The first-order valence-corrected chi connectivity index (χ1v) is 5.98. The van der Waals surface area contributed by atoms with Crippen LogP contribution in [0.4, 0.5) is 5.69 Å². The largest absolute Gasteiger partial charge is 0.362 e. The van der Waals surface area contributed by atoms with Gasteiger partial charge in [-0.25, -0.2) is 0 Å². The molecular formula is C13H19N3O. The monoisotopic (exact) mass is 233 g/mol. The number of nitrogens with one attached hydrogen (secondary N) is 2. The van der Waals surface area contributed by atoms with Crippen molar-refractivity contribution in [2.75, 3.05) is 32.1 Å². The molecule has 0 aromatic heterocycles. The molecule has 4 nitrogen and oxygen atoms in total. The first-order valence-electron chi connectivity index (χ1n) is 5.98. The van der Waals surface area contributed by atoms with E-state index in [-0.39, 0.29) is 5.91 Å². The zero-order chi connectivity index (χ0) is 12.3. The van der Waals surface area contributed by atoms with Gasteiger partial charge in [0, 0.05) is 25.3 Å². The number of para-hydroxylation sites is 1. The number of amides is 1. The van der Waals surface area contributed by atoms with Crippen molar-refractivity contribution in [2.24, 2.45) is 0 Å². The van der Waals surface area contributed by atoms with Gasteiger partial charge in [0.05, 0.1) is 6.54 Å². The fourth-order valence-corrected chi connectivity index (χ4v) is 2.35. The number of benzene rings is 1. The highest BCUT2D eigenvalue weighted by atomic mass is 16.1. The summed E-state index contributed by atoms with van der Waals surface area (Å²) in [6.07, 6.45) is 1.03. The predicted octanol–water partition coefficient (Wildman–Crippen LogP) is 0.903. The average Bonchev–Trinajstić information content (AvgIpc) is 2.39. The van der Waals surface area contributed by atoms with E-state index in [1.807, 2.05) is 19.2 Å². The van der Waals surface area contributed by atoms with Crippen LogP contribution in [0.25, 0.3) is 0 Å². The van der Waals surface area contributed by atoms with Crippen molar-refractivity contribution in [1.29, 1.82) is 0 Å². The number of likely N-dealkylation sites (N-methyl/N-ethyl adjacent to an activating group) is 1. The normalized spacial score (nSPS) is 18.7. The number of hydrogen-bond acceptors (Lipinski definition) is 3. The molecule has 1 aliphatic heterocycles. The molecule has 2 N–H and O–H groups in total. The number of carbonyl (C=O) groups excluding carboxylic acids is 1. The van der Waals surface area contributed by atoms with E-state index in [1.165, 1.54) is 11.3 Å². The molecule has 0 bridgehead atoms. The fourth-order valence-electron chi connectivity index (χ4n) is 2.35. The molecule has 1 unspecified atom stereocenters. The van der Waals surface area contributed by atoms with Gasteiger partial charge in [-0.2, -0.15) is 0 Å². The van der Waals surface area contributed by atoms with E-state index in [2.05, 4.69) is 27.7 Å². The van der Waals surface area contributed by atoms with E-state index in [0.717, 1.165) is 13.0 Å². The highest BCUT2D eigenvalue weighted by molar-refractivity contribution is 5.81. The Bertz CT molecular complexity index is 405. The highest BCUT2D eigenvalue weighted by Gasteiger charge is 2.24. The second kappa shape index (κ2) is 5.19. The number of anilines is 1. The Hall–Kier alpha value is -1.55. The van der Waals surface area contributed by atoms with Gasteiger partial charge < -0.3 is 15.5 Å². The van der Waals surface area contributed by atoms with Gasteiger partial charge in [-0.15, -0.1) is 0 Å². The van der Waals surface area contributed by atoms with Crippen molar-refractivity contribution < 1.29 is 4.79 Å². The SMILES string of the molecule is CNC(=O)CN1CCC(NC)c2ccccc21. The molecule has 2 rings (SSSR count). The van der Waals surface area contributed by atoms with Crippen LogP contribution in [0.5, 0.6) is 0 Å². The van der Waals surface area contributed by atoms with Gasteiger partial charge in [0.25, 0.3) is 0 Å². The molecule has 1 aromatic carbocycles. The molecule has 92 valence electrons. The third kappa shape index (κ3) is 2.42. The molecule has 1 aromatic rings. The Kier molecular flexibility index (Phi) is 3.64. The average molecular weight is 233 g/mol. The van der Waals surface area contributed by atoms with Crippen LogP contribution in [-0.2, 0) is 4.79 Å². The van der Waals surface area contributed by atoms with E-state index in [9.17, 15) is 4.79 Å². The molecule has 17 heavy (non-hydrogen) atoms. The van der Waals surface area contributed by atoms with Crippen molar-refractivity contribution in [3.8, 4) is 0 Å². The van der Waals surface area contributed by atoms with Gasteiger partial charge in [-0.3, -0.25) is 4.79 Å². The fraction of sp³-hybridized carbons (Fsp3) is 0.462. The first-order chi connectivity index (χ1) is 8.26. The Morgan fingerprint density at radius 3 is 2.88 bits per heavy atom. The minimum absolute atomic E-state index is 0.0581. The topological polar surface area (TPSA) is 44.4 Å². The summed E-state index contributed by atoms with van der Waals surface area (Å²) in [6.45, 7) is 1.35. The maximum absolute atomic E-state index is 11.5. The molecule has 0 fully saturated rings. The van der Waals surface area contributed by atoms with Crippen molar-refractivity contribution in [3.05, 3.63) is 29.8 Å². The van der Waals surface area contributed by atoms with Gasteiger partial charge in [-0.1, -0.05) is 18.2 Å². The van der Waals surface area contributed by atoms with Gasteiger partial charge in [0.1, 0.15) is 0 Å². The van der Waals surface area contributed by atoms with Crippen LogP contribution >= 0.6 is 0 Å². The Morgan fingerprint density at radius 1 is 1.41 bits per heavy atom. The zero-order valence-corrected chi connectivity index (χ0v) is 10.4. The Balaban J connectivity index is 2.25. The lowest BCUT2D eigenvalue weighted by Crippen LogP contribution is -2.40. The van der Waals surface area contributed by atoms with E-state index in [0.29, 0.717) is 12.6 Å². The van der Waals surface area contributed by atoms with E-state index < -0.39 is 0 Å². The lowest BCUT2D eigenvalue weighted by atomic mass is 9.96. The molecule has 0 aliphatic carbocycles. The maximum atomic E-state index is 11.5. The van der Waals surface area contributed by atoms with Gasteiger partial charge in [0.2, 0.25) is 5.91 Å². The molecule has 0 spiro atoms. The molecule has 1 atom stereocenters. The van der Waals surface area contributed by atoms with Crippen LogP contribution in [0, 0.1) is 0 Å². The second-order valence-corrected chi connectivity index (χ2v) is 4.28. The van der Waals surface area contributed by atoms with E-state index >= 15 is 0 Å². The van der Waals surface area contributed by atoms with Crippen LogP contribution in [-0.4, -0.2) is 33.1 Å². The summed E-state index contributed by atoms with van der Waals surface area (Å²) in [6, 6.07) is 8.68. The summed E-state index contributed by atoms with van der Waals surface area (Å²) in [7, 11) is 3.66. The van der Waals surface area contributed by atoms with E-state index in [1.54, 1.807) is 7.05 Å². The Morgan fingerprint density at radius 2 is 2.18 bits per heavy atom. The second-order valence-electron chi connectivity index (χ2n) is 4.28. The van der Waals surface area contributed by atoms with Gasteiger partial charge in [-0.05, 0) is 25.1 Å². The summed E-state index contributed by atoms with van der Waals surface area (Å²) < 4.78 is 0. The minimum Gasteiger partial charge on any atom is -0.362 e. The quantitative estimate of drug-likeness (QED) is 0.815. The summed E-state index contributed by atoms with van der Waals surface area (Å²) >= 11 is 0. The Labute approximate surface area is 102 Å². The third-order valence-electron chi connectivity index (χ3n) is 3.30. The van der Waals surface area contributed by atoms with Crippen molar-refractivity contribution in [3.63, 3.8) is 0 Å². The molecular weight excluding hydrogens is 214 g/mol. The van der Waals surface area contributed by atoms with Crippen LogP contribution in [0.15, 0.2) is 24.3 Å². The summed E-state index contributed by atoms with van der Waals surface area (Å²) in [5, 5.41) is 5.99. The molecule has 4 heteroatoms. The van der Waals surface area contributed by atoms with Gasteiger partial charge in [0.15, 0.2) is 0 Å². The van der Waals surface area contributed by atoms with Crippen molar-refractivity contribution >= 4 is 11.6 Å². The molecule has 0 radical (unpaired) electrons. The maximum Gasteiger partial charge on any atom is 0.239 e. The van der Waals surface area contributed by atoms with Crippen LogP contribution in [0.3, 0.4) is 0 Å². The number of rotatable bonds is 3. The highest BCUT2D eigenvalue weighted by Crippen LogP contribution is 2.32. The first kappa shape index (κ1) is 11.9. The standard InChI is InChI=1S/C13H19N3O/c1-14-11-7-8-16(9-13(17)15-2)12-6-4-3-5-10(11)12/h3-6,11,14H,7-9H2,1-2H3,(H,15,17). The molecule has 1 aliphatic rings. The molecule has 0 saturated carbocycles. The lowest BCUT2D eigenvalue weighted by molar-refractivity contribution is -0.119. The zero-order valence-electron chi connectivity index (χ0n) is 10.4. The molecule has 0 saturated heterocycles. The molecule has 1 amide bonds. The summed E-state index contributed by atoms with van der Waals surface area (Å²) in [5.74, 6) is 0.0581. The van der Waals surface area contributed by atoms with Crippen LogP contribution in [0.1, 0.15) is 18.0 Å². The van der Waals surface area contributed by atoms with Crippen molar-refractivity contribution in [2.45, 2.75) is 12.5 Å². The summed E-state index contributed by atoms with van der Waals surface area (Å²) in [4.78, 5) is 13.6. The van der Waals surface area contributed by atoms with Crippen molar-refractivity contribution in [1.82, 2.24) is 10.6 Å². The number of fused-ring (bicyclic) bond motifs is 1. The smallest absolute Gasteiger partial charge is 0.239 e. The molecule has 1 heterocycles. The van der Waals surface area contributed by atoms with Gasteiger partial charge >= 0.3 is 0 Å². The number of hydrogen-bond donors (Lipinski definition) is 2. The number of carbonyl (C=O) groups is 1. The third-order valence-corrected chi connectivity index (χ3v) is 3.30. The van der Waals surface area contributed by atoms with Crippen LogP contribution < -0.4 is 15.5 Å². The summed E-state index contributed by atoms with van der Waals surface area (Å²) in [5.41, 5.74) is 2.45. The number of nitrogens with zero attached hydrogens (tertiary/aromatic N) is 1. The van der Waals surface area contributed by atoms with Crippen LogP contribution in [0.2, 0.25) is 0 Å². The van der Waals surface area contributed by atoms with E-state index in [4.69, 9.17) is 0 Å².